The van der Waals surface area contributed by atoms with E-state index in [4.69, 9.17) is 5.73 Å². The minimum atomic E-state index is -1.22. The molecule has 2 amide bonds. The van der Waals surface area contributed by atoms with E-state index in [9.17, 15) is 14.0 Å². The lowest BCUT2D eigenvalue weighted by molar-refractivity contribution is -0.116. The number of primary amides is 1. The summed E-state index contributed by atoms with van der Waals surface area (Å²) < 4.78 is 29.9. The van der Waals surface area contributed by atoms with Crippen LogP contribution in [-0.4, -0.2) is 22.8 Å². The van der Waals surface area contributed by atoms with Gasteiger partial charge < -0.3 is 16.0 Å². The molecular formula is C21H23F2N3O2. The molecule has 0 saturated heterocycles. The number of hydrogen-bond acceptors (Lipinski definition) is 2. The minimum absolute atomic E-state index is 0.166. The van der Waals surface area contributed by atoms with Crippen LogP contribution in [0, 0.1) is 37.3 Å². The van der Waals surface area contributed by atoms with Crippen molar-refractivity contribution in [2.75, 3.05) is 0 Å². The Morgan fingerprint density at radius 1 is 1.21 bits per heavy atom. The molecule has 0 spiro atoms. The minimum Gasteiger partial charge on any atom is -0.365 e. The Labute approximate surface area is 162 Å². The first-order chi connectivity index (χ1) is 13.3. The topological polar surface area (TPSA) is 88.0 Å². The van der Waals surface area contributed by atoms with Gasteiger partial charge in [0.05, 0.1) is 5.52 Å². The van der Waals surface area contributed by atoms with Gasteiger partial charge in [-0.15, -0.1) is 0 Å². The maximum absolute atomic E-state index is 15.1. The van der Waals surface area contributed by atoms with Crippen molar-refractivity contribution < 1.29 is 18.4 Å². The normalized spacial score (nSPS) is 19.2. The Hall–Kier alpha value is -2.88. The number of aromatic amines is 1. The number of nitrogens with two attached hydrogens (primary N) is 1. The van der Waals surface area contributed by atoms with Crippen molar-refractivity contribution in [3.05, 3.63) is 34.0 Å². The van der Waals surface area contributed by atoms with Crippen LogP contribution < -0.4 is 11.1 Å². The summed E-state index contributed by atoms with van der Waals surface area (Å²) in [6.07, 6.45) is 2.65. The Bertz CT molecular complexity index is 1030. The van der Waals surface area contributed by atoms with Crippen LogP contribution >= 0.6 is 0 Å². The van der Waals surface area contributed by atoms with Crippen LogP contribution in [-0.2, 0) is 4.79 Å². The second-order valence-corrected chi connectivity index (χ2v) is 7.31. The molecule has 1 saturated carbocycles. The average Bonchev–Trinajstić information content (AvgIpc) is 2.91. The standard InChI is InChI=1S/C21H23F2N3O2/c1-4-6-14(27)26-13-8-5-7-12(9-13)16-15-10(2)11(3)25-20(15)17(21(24)28)19(23)18(16)22/h12-13,25H,5,7-9H2,1-3H3,(H2,24,28)(H,26,27)/t12-,13-/m1/s1. The molecule has 1 fully saturated rings. The van der Waals surface area contributed by atoms with Gasteiger partial charge in [0, 0.05) is 22.7 Å². The first-order valence-corrected chi connectivity index (χ1v) is 9.29. The van der Waals surface area contributed by atoms with Gasteiger partial charge >= 0.3 is 0 Å². The fraction of sp³-hybridized carbons (Fsp3) is 0.429. The number of fused-ring (bicyclic) bond motifs is 1. The van der Waals surface area contributed by atoms with Crippen LogP contribution in [0.2, 0.25) is 0 Å². The summed E-state index contributed by atoms with van der Waals surface area (Å²) in [5.41, 5.74) is 6.83. The van der Waals surface area contributed by atoms with Gasteiger partial charge in [-0.1, -0.05) is 12.3 Å². The van der Waals surface area contributed by atoms with Crippen molar-refractivity contribution in [2.24, 2.45) is 5.73 Å². The van der Waals surface area contributed by atoms with Crippen molar-refractivity contribution in [2.45, 2.75) is 58.4 Å². The maximum atomic E-state index is 15.1. The number of aryl methyl sites for hydroxylation is 2. The van der Waals surface area contributed by atoms with Crippen molar-refractivity contribution in [3.8, 4) is 11.8 Å². The molecule has 5 nitrogen and oxygen atoms in total. The molecule has 0 unspecified atom stereocenters. The van der Waals surface area contributed by atoms with E-state index in [2.05, 4.69) is 22.1 Å². The van der Waals surface area contributed by atoms with Crippen LogP contribution in [0.5, 0.6) is 0 Å². The number of amides is 2. The van der Waals surface area contributed by atoms with Gasteiger partial charge in [0.1, 0.15) is 5.56 Å². The number of carbonyl (C=O) groups is 2. The zero-order valence-corrected chi connectivity index (χ0v) is 16.1. The number of hydrogen-bond donors (Lipinski definition) is 3. The fourth-order valence-corrected chi connectivity index (χ4v) is 4.22. The van der Waals surface area contributed by atoms with E-state index < -0.39 is 23.1 Å². The molecule has 148 valence electrons. The summed E-state index contributed by atoms with van der Waals surface area (Å²) in [6.45, 7) is 5.17. The molecule has 1 aliphatic carbocycles. The van der Waals surface area contributed by atoms with Crippen molar-refractivity contribution in [3.63, 3.8) is 0 Å². The van der Waals surface area contributed by atoms with Gasteiger partial charge in [-0.2, -0.15) is 0 Å². The van der Waals surface area contributed by atoms with Gasteiger partial charge in [0.15, 0.2) is 11.6 Å². The zero-order valence-electron chi connectivity index (χ0n) is 16.1. The Morgan fingerprint density at radius 3 is 2.57 bits per heavy atom. The summed E-state index contributed by atoms with van der Waals surface area (Å²) in [5, 5.41) is 3.35. The van der Waals surface area contributed by atoms with Crippen LogP contribution in [0.25, 0.3) is 10.9 Å². The third kappa shape index (κ3) is 3.35. The molecule has 2 atom stereocenters. The van der Waals surface area contributed by atoms with Gasteiger partial charge in [0.25, 0.3) is 11.8 Å². The molecular weight excluding hydrogens is 364 g/mol. The summed E-state index contributed by atoms with van der Waals surface area (Å²) in [5.74, 6) is 1.06. The monoisotopic (exact) mass is 387 g/mol. The van der Waals surface area contributed by atoms with E-state index in [-0.39, 0.29) is 28.9 Å². The highest BCUT2D eigenvalue weighted by molar-refractivity contribution is 6.07. The summed E-state index contributed by atoms with van der Waals surface area (Å²) >= 11 is 0. The molecule has 0 bridgehead atoms. The molecule has 2 aromatic rings. The largest absolute Gasteiger partial charge is 0.365 e. The molecule has 0 aliphatic heterocycles. The van der Waals surface area contributed by atoms with E-state index in [1.165, 1.54) is 0 Å². The average molecular weight is 387 g/mol. The quantitative estimate of drug-likeness (QED) is 0.706. The SMILES string of the molecule is CC#CC(=O)N[C@@H]1CCC[C@@H](c2c(F)c(F)c(C(N)=O)c3[nH]c(C)c(C)c23)C1. The Morgan fingerprint density at radius 2 is 1.93 bits per heavy atom. The zero-order chi connectivity index (χ0) is 20.6. The van der Waals surface area contributed by atoms with Crippen molar-refractivity contribution in [1.82, 2.24) is 10.3 Å². The van der Waals surface area contributed by atoms with Crippen LogP contribution in [0.15, 0.2) is 0 Å². The molecule has 28 heavy (non-hydrogen) atoms. The highest BCUT2D eigenvalue weighted by atomic mass is 19.2. The van der Waals surface area contributed by atoms with E-state index in [1.54, 1.807) is 20.8 Å². The number of rotatable bonds is 3. The van der Waals surface area contributed by atoms with E-state index in [0.717, 1.165) is 24.1 Å². The summed E-state index contributed by atoms with van der Waals surface area (Å²) in [7, 11) is 0. The van der Waals surface area contributed by atoms with Crippen molar-refractivity contribution >= 4 is 22.7 Å². The second kappa shape index (κ2) is 7.63. The van der Waals surface area contributed by atoms with Gasteiger partial charge in [-0.05, 0) is 57.4 Å². The van der Waals surface area contributed by atoms with Gasteiger partial charge in [-0.3, -0.25) is 9.59 Å². The highest BCUT2D eigenvalue weighted by Gasteiger charge is 2.33. The van der Waals surface area contributed by atoms with E-state index in [1.807, 2.05) is 0 Å². The first-order valence-electron chi connectivity index (χ1n) is 9.29. The molecule has 0 radical (unpaired) electrons. The lowest BCUT2D eigenvalue weighted by Gasteiger charge is -2.30. The van der Waals surface area contributed by atoms with Gasteiger partial charge in [0.2, 0.25) is 0 Å². The van der Waals surface area contributed by atoms with Crippen LogP contribution in [0.3, 0.4) is 0 Å². The molecule has 1 aromatic heterocycles. The molecule has 4 N–H and O–H groups in total. The number of benzene rings is 1. The first kappa shape index (κ1) is 19.9. The lowest BCUT2D eigenvalue weighted by Crippen LogP contribution is -2.37. The third-order valence-electron chi connectivity index (χ3n) is 5.57. The Kier molecular flexibility index (Phi) is 5.41. The smallest absolute Gasteiger partial charge is 0.296 e. The third-order valence-corrected chi connectivity index (χ3v) is 5.57. The van der Waals surface area contributed by atoms with E-state index >= 15 is 4.39 Å². The number of nitrogens with one attached hydrogen (secondary N) is 2. The summed E-state index contributed by atoms with van der Waals surface area (Å²) in [4.78, 5) is 26.5. The molecule has 1 aliphatic rings. The Balaban J connectivity index is 2.11. The number of halogens is 2. The predicted octanol–water partition coefficient (Wildman–Crippen LogP) is 3.33. The molecule has 7 heteroatoms. The predicted molar refractivity (Wildman–Crippen MR) is 103 cm³/mol. The van der Waals surface area contributed by atoms with Crippen molar-refractivity contribution in [1.29, 1.82) is 0 Å². The molecule has 1 heterocycles. The molecule has 1 aromatic carbocycles. The number of carbonyl (C=O) groups excluding carboxylic acids is 2. The maximum Gasteiger partial charge on any atom is 0.296 e. The molecule has 3 rings (SSSR count). The van der Waals surface area contributed by atoms with E-state index in [0.29, 0.717) is 18.2 Å². The van der Waals surface area contributed by atoms with Crippen LogP contribution in [0.1, 0.15) is 65.7 Å². The van der Waals surface area contributed by atoms with Crippen LogP contribution in [0.4, 0.5) is 8.78 Å². The lowest BCUT2D eigenvalue weighted by atomic mass is 9.79. The fourth-order valence-electron chi connectivity index (χ4n) is 4.22. The van der Waals surface area contributed by atoms with Gasteiger partial charge in [-0.25, -0.2) is 8.78 Å². The summed E-state index contributed by atoms with van der Waals surface area (Å²) in [6, 6.07) is -0.166. The number of aromatic nitrogens is 1. The number of H-pyrrole nitrogens is 1. The second-order valence-electron chi connectivity index (χ2n) is 7.31. The highest BCUT2D eigenvalue weighted by Crippen LogP contribution is 2.42.